The van der Waals surface area contributed by atoms with Crippen LogP contribution in [-0.2, 0) is 12.0 Å². The second kappa shape index (κ2) is 3.93. The quantitative estimate of drug-likeness (QED) is 0.715. The van der Waals surface area contributed by atoms with Crippen LogP contribution in [0.4, 0.5) is 0 Å². The van der Waals surface area contributed by atoms with Crippen molar-refractivity contribution in [1.82, 2.24) is 4.98 Å². The van der Waals surface area contributed by atoms with Crippen LogP contribution in [0.3, 0.4) is 0 Å². The molecule has 0 bridgehead atoms. The Balaban J connectivity index is 2.52. The fraction of sp³-hybridized carbons (Fsp3) is 0.615. The third kappa shape index (κ3) is 1.91. The molecule has 0 aromatic carbocycles. The molecule has 1 heterocycles. The molecule has 1 N–H and O–H groups in total. The predicted molar refractivity (Wildman–Crippen MR) is 60.7 cm³/mol. The summed E-state index contributed by atoms with van der Waals surface area (Å²) in [5, 5.41) is 10.6. The summed E-state index contributed by atoms with van der Waals surface area (Å²) < 4.78 is 0. The normalized spacial score (nSPS) is 25.8. The molecule has 1 unspecified atom stereocenters. The maximum atomic E-state index is 10.6. The number of aliphatic hydroxyl groups is 1. The number of pyridine rings is 1. The van der Waals surface area contributed by atoms with Gasteiger partial charge < -0.3 is 5.11 Å². The Labute approximate surface area is 91.4 Å². The summed E-state index contributed by atoms with van der Waals surface area (Å²) in [6, 6.07) is 4.17. The summed E-state index contributed by atoms with van der Waals surface area (Å²) in [6.45, 7) is 4.03. The lowest BCUT2D eigenvalue weighted by atomic mass is 9.90. The van der Waals surface area contributed by atoms with Crippen LogP contribution in [0.25, 0.3) is 0 Å². The highest BCUT2D eigenvalue weighted by Crippen LogP contribution is 2.35. The smallest absolute Gasteiger partial charge is 0.107 e. The molecule has 0 fully saturated rings. The topological polar surface area (TPSA) is 33.1 Å². The van der Waals surface area contributed by atoms with Crippen molar-refractivity contribution in [3.63, 3.8) is 0 Å². The number of nitrogens with zero attached hydrogens (tertiary/aromatic N) is 1. The first-order valence-electron chi connectivity index (χ1n) is 5.85. The Bertz CT molecular complexity index is 362. The van der Waals surface area contributed by atoms with E-state index < -0.39 is 5.60 Å². The molecule has 0 radical (unpaired) electrons. The number of aromatic nitrogens is 1. The lowest BCUT2D eigenvalue weighted by Crippen LogP contribution is -2.26. The summed E-state index contributed by atoms with van der Waals surface area (Å²) >= 11 is 0. The van der Waals surface area contributed by atoms with E-state index in [4.69, 9.17) is 0 Å². The minimum Gasteiger partial charge on any atom is -0.384 e. The Kier molecular flexibility index (Phi) is 2.79. The first kappa shape index (κ1) is 10.6. The SMILES string of the molecule is CCC1(O)CCCCc2ccc(C)nc21. The Morgan fingerprint density at radius 1 is 1.40 bits per heavy atom. The van der Waals surface area contributed by atoms with Gasteiger partial charge in [0, 0.05) is 5.69 Å². The average molecular weight is 205 g/mol. The molecule has 1 aromatic heterocycles. The molecule has 0 saturated heterocycles. The van der Waals surface area contributed by atoms with E-state index in [0.29, 0.717) is 0 Å². The van der Waals surface area contributed by atoms with E-state index in [0.717, 1.165) is 37.1 Å². The number of hydrogen-bond donors (Lipinski definition) is 1. The minimum atomic E-state index is -0.683. The van der Waals surface area contributed by atoms with Gasteiger partial charge in [0.2, 0.25) is 0 Å². The highest BCUT2D eigenvalue weighted by atomic mass is 16.3. The van der Waals surface area contributed by atoms with E-state index in [9.17, 15) is 5.11 Å². The van der Waals surface area contributed by atoms with Crippen molar-refractivity contribution < 1.29 is 5.11 Å². The van der Waals surface area contributed by atoms with Gasteiger partial charge in [-0.25, -0.2) is 0 Å². The van der Waals surface area contributed by atoms with Crippen molar-refractivity contribution in [2.75, 3.05) is 0 Å². The molecule has 0 amide bonds. The molecule has 1 aliphatic rings. The van der Waals surface area contributed by atoms with E-state index in [2.05, 4.69) is 11.1 Å². The molecule has 0 aliphatic heterocycles. The summed E-state index contributed by atoms with van der Waals surface area (Å²) in [5.74, 6) is 0. The molecule has 2 nitrogen and oxygen atoms in total. The first-order chi connectivity index (χ1) is 7.15. The van der Waals surface area contributed by atoms with Gasteiger partial charge >= 0.3 is 0 Å². The van der Waals surface area contributed by atoms with Crippen molar-refractivity contribution >= 4 is 0 Å². The van der Waals surface area contributed by atoms with E-state index >= 15 is 0 Å². The average Bonchev–Trinajstić information content (AvgIpc) is 2.40. The maximum Gasteiger partial charge on any atom is 0.107 e. The molecule has 0 spiro atoms. The number of fused-ring (bicyclic) bond motifs is 1. The van der Waals surface area contributed by atoms with Crippen LogP contribution in [-0.4, -0.2) is 10.1 Å². The highest BCUT2D eigenvalue weighted by molar-refractivity contribution is 5.29. The van der Waals surface area contributed by atoms with Crippen molar-refractivity contribution in [3.8, 4) is 0 Å². The van der Waals surface area contributed by atoms with Crippen LogP contribution in [0.5, 0.6) is 0 Å². The van der Waals surface area contributed by atoms with Gasteiger partial charge in [0.25, 0.3) is 0 Å². The first-order valence-corrected chi connectivity index (χ1v) is 5.85. The maximum absolute atomic E-state index is 10.6. The van der Waals surface area contributed by atoms with Gasteiger partial charge in [-0.15, -0.1) is 0 Å². The molecule has 1 aliphatic carbocycles. The van der Waals surface area contributed by atoms with Gasteiger partial charge in [-0.2, -0.15) is 0 Å². The van der Waals surface area contributed by atoms with Gasteiger partial charge in [-0.1, -0.05) is 13.0 Å². The lowest BCUT2D eigenvalue weighted by Gasteiger charge is -2.26. The van der Waals surface area contributed by atoms with Crippen molar-refractivity contribution in [2.24, 2.45) is 0 Å². The van der Waals surface area contributed by atoms with Gasteiger partial charge in [-0.05, 0) is 50.7 Å². The Hall–Kier alpha value is -0.890. The molecular weight excluding hydrogens is 186 g/mol. The van der Waals surface area contributed by atoms with Crippen LogP contribution >= 0.6 is 0 Å². The molecule has 15 heavy (non-hydrogen) atoms. The second-order valence-corrected chi connectivity index (χ2v) is 4.55. The summed E-state index contributed by atoms with van der Waals surface area (Å²) in [5.41, 5.74) is 2.49. The van der Waals surface area contributed by atoms with Gasteiger partial charge in [0.05, 0.1) is 5.69 Å². The van der Waals surface area contributed by atoms with Gasteiger partial charge in [0.15, 0.2) is 0 Å². The zero-order chi connectivity index (χ0) is 10.9. The molecule has 0 saturated carbocycles. The fourth-order valence-electron chi connectivity index (χ4n) is 2.39. The van der Waals surface area contributed by atoms with E-state index in [1.165, 1.54) is 12.0 Å². The van der Waals surface area contributed by atoms with Crippen molar-refractivity contribution in [2.45, 2.75) is 51.6 Å². The molecule has 2 heteroatoms. The summed E-state index contributed by atoms with van der Waals surface area (Å²) in [7, 11) is 0. The minimum absolute atomic E-state index is 0.683. The highest BCUT2D eigenvalue weighted by Gasteiger charge is 2.32. The van der Waals surface area contributed by atoms with E-state index in [-0.39, 0.29) is 0 Å². The third-order valence-corrected chi connectivity index (χ3v) is 3.43. The number of aryl methyl sites for hydroxylation is 2. The number of hydrogen-bond acceptors (Lipinski definition) is 2. The zero-order valence-electron chi connectivity index (χ0n) is 9.58. The van der Waals surface area contributed by atoms with E-state index in [1.54, 1.807) is 0 Å². The Morgan fingerprint density at radius 3 is 2.93 bits per heavy atom. The second-order valence-electron chi connectivity index (χ2n) is 4.55. The fourth-order valence-corrected chi connectivity index (χ4v) is 2.39. The lowest BCUT2D eigenvalue weighted by molar-refractivity contribution is 0.0185. The molecule has 2 rings (SSSR count). The van der Waals surface area contributed by atoms with Crippen LogP contribution < -0.4 is 0 Å². The molecule has 82 valence electrons. The third-order valence-electron chi connectivity index (χ3n) is 3.43. The summed E-state index contributed by atoms with van der Waals surface area (Å²) in [4.78, 5) is 4.55. The standard InChI is InChI=1S/C13H19NO/c1-3-13(15)9-5-4-6-11-8-7-10(2)14-12(11)13/h7-8,15H,3-6,9H2,1-2H3. The van der Waals surface area contributed by atoms with Crippen molar-refractivity contribution in [3.05, 3.63) is 29.1 Å². The monoisotopic (exact) mass is 205 g/mol. The van der Waals surface area contributed by atoms with Crippen LogP contribution in [0.1, 0.15) is 49.6 Å². The molecule has 1 atom stereocenters. The van der Waals surface area contributed by atoms with Crippen LogP contribution in [0.15, 0.2) is 12.1 Å². The van der Waals surface area contributed by atoms with Crippen LogP contribution in [0.2, 0.25) is 0 Å². The largest absolute Gasteiger partial charge is 0.384 e. The Morgan fingerprint density at radius 2 is 2.20 bits per heavy atom. The zero-order valence-corrected chi connectivity index (χ0v) is 9.58. The van der Waals surface area contributed by atoms with E-state index in [1.807, 2.05) is 19.9 Å². The molecular formula is C13H19NO. The van der Waals surface area contributed by atoms with Crippen LogP contribution in [0, 0.1) is 6.92 Å². The predicted octanol–water partition coefficient (Wildman–Crippen LogP) is 2.71. The summed E-state index contributed by atoms with van der Waals surface area (Å²) in [6.07, 6.45) is 4.94. The van der Waals surface area contributed by atoms with Gasteiger partial charge in [-0.3, -0.25) is 4.98 Å². The van der Waals surface area contributed by atoms with Gasteiger partial charge in [0.1, 0.15) is 5.60 Å². The molecule has 1 aromatic rings. The van der Waals surface area contributed by atoms with Crippen molar-refractivity contribution in [1.29, 1.82) is 0 Å². The number of rotatable bonds is 1.